The van der Waals surface area contributed by atoms with E-state index in [1.54, 1.807) is 7.11 Å². The van der Waals surface area contributed by atoms with E-state index in [0.29, 0.717) is 11.3 Å². The van der Waals surface area contributed by atoms with Crippen LogP contribution in [0.5, 0.6) is 5.75 Å². The standard InChI is InChI=1S/C31H42N4O3/c1-38-29-15-9-8-14-28(29)35-20-18-34(19-21-35)27-17-16-25(33-30(36)23-10-4-2-5-11-23)22-26(27)31(37)32-24-12-6-3-7-13-24/h8-9,14-17,22-24H,2-7,10-13,18-21H2,1H3,(H,32,37)(H,33,36). The third kappa shape index (κ3) is 6.25. The molecule has 2 aromatic rings. The summed E-state index contributed by atoms with van der Waals surface area (Å²) in [7, 11) is 1.71. The summed E-state index contributed by atoms with van der Waals surface area (Å²) in [5.74, 6) is 1.01. The molecule has 2 amide bonds. The van der Waals surface area contributed by atoms with Crippen LogP contribution >= 0.6 is 0 Å². The Morgan fingerprint density at radius 2 is 1.42 bits per heavy atom. The topological polar surface area (TPSA) is 73.9 Å². The van der Waals surface area contributed by atoms with Gasteiger partial charge < -0.3 is 25.2 Å². The van der Waals surface area contributed by atoms with Crippen LogP contribution in [-0.4, -0.2) is 51.1 Å². The van der Waals surface area contributed by atoms with Gasteiger partial charge in [0.25, 0.3) is 5.91 Å². The number of benzene rings is 2. The second-order valence-electron chi connectivity index (χ2n) is 11.0. The highest BCUT2D eigenvalue weighted by Crippen LogP contribution is 2.32. The van der Waals surface area contributed by atoms with Crippen molar-refractivity contribution in [1.82, 2.24) is 5.32 Å². The van der Waals surface area contributed by atoms with Gasteiger partial charge in [0.1, 0.15) is 5.75 Å². The fraction of sp³-hybridized carbons (Fsp3) is 0.548. The lowest BCUT2D eigenvalue weighted by Crippen LogP contribution is -2.47. The Labute approximate surface area is 226 Å². The normalized spacial score (nSPS) is 19.2. The first kappa shape index (κ1) is 26.4. The van der Waals surface area contributed by atoms with E-state index in [9.17, 15) is 9.59 Å². The molecule has 0 aromatic heterocycles. The van der Waals surface area contributed by atoms with Crippen LogP contribution in [0.1, 0.15) is 74.6 Å². The highest BCUT2D eigenvalue weighted by molar-refractivity contribution is 6.02. The Hall–Kier alpha value is -3.22. The molecule has 2 N–H and O–H groups in total. The van der Waals surface area contributed by atoms with E-state index in [1.807, 2.05) is 36.4 Å². The molecule has 1 aliphatic heterocycles. The molecule has 7 heteroatoms. The number of nitrogens with one attached hydrogen (secondary N) is 2. The van der Waals surface area contributed by atoms with Gasteiger partial charge in [-0.25, -0.2) is 0 Å². The van der Waals surface area contributed by atoms with E-state index in [-0.39, 0.29) is 23.8 Å². The van der Waals surface area contributed by atoms with E-state index >= 15 is 0 Å². The van der Waals surface area contributed by atoms with Crippen molar-refractivity contribution in [3.05, 3.63) is 48.0 Å². The molecule has 204 valence electrons. The zero-order chi connectivity index (χ0) is 26.3. The van der Waals surface area contributed by atoms with Gasteiger partial charge in [-0.3, -0.25) is 9.59 Å². The average molecular weight is 519 g/mol. The number of amides is 2. The Balaban J connectivity index is 1.33. The van der Waals surface area contributed by atoms with Crippen molar-refractivity contribution in [3.63, 3.8) is 0 Å². The van der Waals surface area contributed by atoms with Crippen molar-refractivity contribution in [2.45, 2.75) is 70.3 Å². The van der Waals surface area contributed by atoms with Gasteiger partial charge >= 0.3 is 0 Å². The average Bonchev–Trinajstić information content (AvgIpc) is 2.98. The molecule has 2 aliphatic carbocycles. The molecule has 38 heavy (non-hydrogen) atoms. The van der Waals surface area contributed by atoms with Crippen LogP contribution in [0, 0.1) is 5.92 Å². The summed E-state index contributed by atoms with van der Waals surface area (Å²) in [6, 6.07) is 14.2. The monoisotopic (exact) mass is 518 g/mol. The SMILES string of the molecule is COc1ccccc1N1CCN(c2ccc(NC(=O)C3CCCCC3)cc2C(=O)NC2CCCCC2)CC1. The maximum atomic E-state index is 13.6. The zero-order valence-electron chi connectivity index (χ0n) is 22.7. The van der Waals surface area contributed by atoms with Gasteiger partial charge in [-0.2, -0.15) is 0 Å². The summed E-state index contributed by atoms with van der Waals surface area (Å²) in [5, 5.41) is 6.43. The minimum Gasteiger partial charge on any atom is -0.495 e. The van der Waals surface area contributed by atoms with Crippen LogP contribution in [0.15, 0.2) is 42.5 Å². The smallest absolute Gasteiger partial charge is 0.253 e. The summed E-state index contributed by atoms with van der Waals surface area (Å²) in [6.45, 7) is 3.28. The van der Waals surface area contributed by atoms with Gasteiger partial charge in [0.2, 0.25) is 5.91 Å². The number of hydrogen-bond acceptors (Lipinski definition) is 5. The first-order valence-corrected chi connectivity index (χ1v) is 14.5. The summed E-state index contributed by atoms with van der Waals surface area (Å²) >= 11 is 0. The Morgan fingerprint density at radius 1 is 0.789 bits per heavy atom. The Kier molecular flexibility index (Phi) is 8.72. The van der Waals surface area contributed by atoms with Crippen LogP contribution < -0.4 is 25.2 Å². The maximum absolute atomic E-state index is 13.6. The summed E-state index contributed by atoms with van der Waals surface area (Å²) in [4.78, 5) is 31.2. The first-order chi connectivity index (χ1) is 18.6. The van der Waals surface area contributed by atoms with Gasteiger partial charge in [0.05, 0.1) is 18.4 Å². The number of piperazine rings is 1. The van der Waals surface area contributed by atoms with E-state index in [2.05, 4.69) is 26.5 Å². The number of methoxy groups -OCH3 is 1. The van der Waals surface area contributed by atoms with E-state index < -0.39 is 0 Å². The van der Waals surface area contributed by atoms with Crippen LogP contribution in [0.25, 0.3) is 0 Å². The van der Waals surface area contributed by atoms with Crippen molar-refractivity contribution < 1.29 is 14.3 Å². The third-order valence-corrected chi connectivity index (χ3v) is 8.47. The van der Waals surface area contributed by atoms with Crippen LogP contribution in [0.4, 0.5) is 17.1 Å². The predicted octanol–water partition coefficient (Wildman–Crippen LogP) is 5.60. The molecule has 3 fully saturated rings. The fourth-order valence-electron chi connectivity index (χ4n) is 6.27. The fourth-order valence-corrected chi connectivity index (χ4v) is 6.27. The quantitative estimate of drug-likeness (QED) is 0.499. The van der Waals surface area contributed by atoms with E-state index in [1.165, 1.54) is 25.7 Å². The number of carbonyl (C=O) groups is 2. The number of nitrogens with zero attached hydrogens (tertiary/aromatic N) is 2. The van der Waals surface area contributed by atoms with E-state index in [0.717, 1.165) is 81.8 Å². The largest absolute Gasteiger partial charge is 0.495 e. The molecule has 0 radical (unpaired) electrons. The lowest BCUT2D eigenvalue weighted by Gasteiger charge is -2.38. The lowest BCUT2D eigenvalue weighted by atomic mass is 9.88. The molecule has 5 rings (SSSR count). The summed E-state index contributed by atoms with van der Waals surface area (Å²) in [5.41, 5.74) is 3.41. The second kappa shape index (κ2) is 12.5. The van der Waals surface area contributed by atoms with Crippen molar-refractivity contribution in [3.8, 4) is 5.75 Å². The number of anilines is 3. The minimum atomic E-state index is -0.0344. The highest BCUT2D eigenvalue weighted by Gasteiger charge is 2.26. The van der Waals surface area contributed by atoms with Crippen molar-refractivity contribution in [2.75, 3.05) is 48.4 Å². The number of para-hydroxylation sites is 2. The van der Waals surface area contributed by atoms with Gasteiger partial charge in [-0.1, -0.05) is 50.7 Å². The third-order valence-electron chi connectivity index (χ3n) is 8.47. The molecular formula is C31H42N4O3. The summed E-state index contributed by atoms with van der Waals surface area (Å²) in [6.07, 6.45) is 11.0. The van der Waals surface area contributed by atoms with Crippen LogP contribution in [-0.2, 0) is 4.79 Å². The molecule has 2 saturated carbocycles. The first-order valence-electron chi connectivity index (χ1n) is 14.5. The molecule has 0 bridgehead atoms. The molecule has 0 unspecified atom stereocenters. The molecule has 3 aliphatic rings. The minimum absolute atomic E-state index is 0.0344. The summed E-state index contributed by atoms with van der Waals surface area (Å²) < 4.78 is 5.58. The van der Waals surface area contributed by atoms with Gasteiger partial charge in [0, 0.05) is 49.5 Å². The van der Waals surface area contributed by atoms with Crippen molar-refractivity contribution in [2.24, 2.45) is 5.92 Å². The maximum Gasteiger partial charge on any atom is 0.253 e. The number of carbonyl (C=O) groups excluding carboxylic acids is 2. The van der Waals surface area contributed by atoms with Gasteiger partial charge in [-0.15, -0.1) is 0 Å². The molecular weight excluding hydrogens is 476 g/mol. The number of ether oxygens (including phenoxy) is 1. The number of hydrogen-bond donors (Lipinski definition) is 2. The van der Waals surface area contributed by atoms with Crippen molar-refractivity contribution in [1.29, 1.82) is 0 Å². The van der Waals surface area contributed by atoms with Crippen molar-refractivity contribution >= 4 is 28.9 Å². The van der Waals surface area contributed by atoms with Gasteiger partial charge in [0.15, 0.2) is 0 Å². The van der Waals surface area contributed by atoms with Gasteiger partial charge in [-0.05, 0) is 56.0 Å². The molecule has 1 heterocycles. The van der Waals surface area contributed by atoms with Crippen LogP contribution in [0.2, 0.25) is 0 Å². The molecule has 2 aromatic carbocycles. The molecule has 0 atom stereocenters. The zero-order valence-corrected chi connectivity index (χ0v) is 22.7. The Bertz CT molecular complexity index is 1100. The number of rotatable bonds is 7. The Morgan fingerprint density at radius 3 is 2.11 bits per heavy atom. The predicted molar refractivity (Wildman–Crippen MR) is 153 cm³/mol. The highest BCUT2D eigenvalue weighted by atomic mass is 16.5. The molecule has 7 nitrogen and oxygen atoms in total. The molecule has 1 saturated heterocycles. The lowest BCUT2D eigenvalue weighted by molar-refractivity contribution is -0.120. The molecule has 0 spiro atoms. The second-order valence-corrected chi connectivity index (χ2v) is 11.0. The van der Waals surface area contributed by atoms with Crippen LogP contribution in [0.3, 0.4) is 0 Å². The van der Waals surface area contributed by atoms with E-state index in [4.69, 9.17) is 4.74 Å².